The molecular formula is C35H39N3O5SeSi. The first kappa shape index (κ1) is 31.6. The molecule has 0 spiro atoms. The number of benzene rings is 3. The minimum atomic E-state index is -2.77. The topological polar surface area (TPSA) is 91.7 Å². The molecule has 45 heavy (non-hydrogen) atoms. The Bertz CT molecular complexity index is 1660. The summed E-state index contributed by atoms with van der Waals surface area (Å²) in [5.74, 6) is -0.900. The molecule has 0 radical (unpaired) electrons. The van der Waals surface area contributed by atoms with Crippen LogP contribution in [0.1, 0.15) is 49.9 Å². The number of hydrogen-bond donors (Lipinski definition) is 1. The van der Waals surface area contributed by atoms with Crippen molar-refractivity contribution < 1.29 is 18.7 Å². The Balaban J connectivity index is 1.29. The van der Waals surface area contributed by atoms with Crippen LogP contribution in [0, 0.1) is 0 Å². The third-order valence-corrected chi connectivity index (χ3v) is 16.6. The summed E-state index contributed by atoms with van der Waals surface area (Å²) < 4.78 is 21.9. The predicted molar refractivity (Wildman–Crippen MR) is 179 cm³/mol. The van der Waals surface area contributed by atoms with E-state index in [0.717, 1.165) is 0 Å². The van der Waals surface area contributed by atoms with E-state index in [1.807, 2.05) is 32.0 Å². The Morgan fingerprint density at radius 3 is 2.02 bits per heavy atom. The van der Waals surface area contributed by atoms with Crippen molar-refractivity contribution >= 4 is 45.4 Å². The van der Waals surface area contributed by atoms with Crippen molar-refractivity contribution in [2.45, 2.75) is 67.4 Å². The fraction of sp³-hybridized carbons (Fsp3) is 0.343. The molecule has 0 aliphatic carbocycles. The molecule has 10 heteroatoms. The molecule has 2 aliphatic heterocycles. The number of carbonyl (C=O) groups is 1. The molecule has 2 saturated heterocycles. The molecule has 0 saturated carbocycles. The van der Waals surface area contributed by atoms with Crippen LogP contribution in [0.3, 0.4) is 0 Å². The molecule has 2 fully saturated rings. The van der Waals surface area contributed by atoms with Crippen LogP contribution >= 0.6 is 0 Å². The molecule has 3 heterocycles. The Hall–Kier alpha value is -3.37. The molecule has 0 bridgehead atoms. The van der Waals surface area contributed by atoms with Gasteiger partial charge in [-0.05, 0) is 0 Å². The number of amides is 1. The van der Waals surface area contributed by atoms with Gasteiger partial charge in [0.15, 0.2) is 0 Å². The first-order chi connectivity index (χ1) is 21.5. The minimum absolute atomic E-state index is 0.0419. The summed E-state index contributed by atoms with van der Waals surface area (Å²) >= 11 is -0.114. The normalized spacial score (nSPS) is 22.6. The van der Waals surface area contributed by atoms with Gasteiger partial charge in [-0.25, -0.2) is 0 Å². The van der Waals surface area contributed by atoms with Gasteiger partial charge in [0.05, 0.1) is 0 Å². The van der Waals surface area contributed by atoms with Gasteiger partial charge in [-0.3, -0.25) is 0 Å². The van der Waals surface area contributed by atoms with E-state index in [-0.39, 0.29) is 53.7 Å². The van der Waals surface area contributed by atoms with E-state index in [1.54, 1.807) is 41.1 Å². The molecule has 4 atom stereocenters. The summed E-state index contributed by atoms with van der Waals surface area (Å²) in [7, 11) is -2.77. The average molecular weight is 689 g/mol. The van der Waals surface area contributed by atoms with Gasteiger partial charge in [-0.15, -0.1) is 0 Å². The molecule has 8 nitrogen and oxygen atoms in total. The summed E-state index contributed by atoms with van der Waals surface area (Å²) in [5.41, 5.74) is 0.0567. The summed E-state index contributed by atoms with van der Waals surface area (Å²) in [5, 5.41) is 5.02. The maximum absolute atomic E-state index is 13.4. The predicted octanol–water partition coefficient (Wildman–Crippen LogP) is 4.60. The van der Waals surface area contributed by atoms with Gasteiger partial charge in [0.25, 0.3) is 0 Å². The number of anilines is 1. The number of aromatic nitrogens is 2. The molecule has 1 aromatic heterocycles. The molecule has 2 unspecified atom stereocenters. The SMILES string of the molecule is CC1(C)OC2C(O1)[C@@H](CO[Si](c1ccccc1)(c1ccccc1)C(C)(C)C)[Se][C@H]2n1ccc(NC(=O)c2ccccc2)nc1=O. The Morgan fingerprint density at radius 1 is 0.911 bits per heavy atom. The van der Waals surface area contributed by atoms with Gasteiger partial charge in [-0.2, -0.15) is 0 Å². The van der Waals surface area contributed by atoms with Gasteiger partial charge in [-0.1, -0.05) is 0 Å². The van der Waals surface area contributed by atoms with Crippen molar-refractivity contribution in [3.05, 3.63) is 119 Å². The van der Waals surface area contributed by atoms with Crippen LogP contribution in [-0.2, 0) is 13.9 Å². The van der Waals surface area contributed by atoms with Crippen LogP contribution in [0.4, 0.5) is 5.82 Å². The third kappa shape index (κ3) is 6.23. The van der Waals surface area contributed by atoms with Gasteiger partial charge in [0, 0.05) is 0 Å². The van der Waals surface area contributed by atoms with Crippen LogP contribution < -0.4 is 21.4 Å². The number of hydrogen-bond acceptors (Lipinski definition) is 6. The second-order valence-corrected chi connectivity index (χ2v) is 20.1. The van der Waals surface area contributed by atoms with Gasteiger partial charge < -0.3 is 0 Å². The zero-order valence-electron chi connectivity index (χ0n) is 26.2. The van der Waals surface area contributed by atoms with E-state index in [0.29, 0.717) is 12.2 Å². The number of nitrogens with one attached hydrogen (secondary N) is 1. The number of carbonyl (C=O) groups excluding carboxylic acids is 1. The van der Waals surface area contributed by atoms with E-state index in [4.69, 9.17) is 13.9 Å². The van der Waals surface area contributed by atoms with Crippen molar-refractivity contribution in [1.29, 1.82) is 0 Å². The molecule has 234 valence electrons. The zero-order valence-corrected chi connectivity index (χ0v) is 28.9. The fourth-order valence-electron chi connectivity index (χ4n) is 6.44. The van der Waals surface area contributed by atoms with E-state index < -0.39 is 19.8 Å². The zero-order chi connectivity index (χ0) is 31.8. The fourth-order valence-corrected chi connectivity index (χ4v) is 14.5. The number of fused-ring (bicyclic) bond motifs is 1. The molecule has 2 aliphatic rings. The van der Waals surface area contributed by atoms with Gasteiger partial charge >= 0.3 is 272 Å². The van der Waals surface area contributed by atoms with Crippen molar-refractivity contribution in [2.24, 2.45) is 0 Å². The van der Waals surface area contributed by atoms with E-state index >= 15 is 0 Å². The Labute approximate surface area is 271 Å². The summed E-state index contributed by atoms with van der Waals surface area (Å²) in [6.07, 6.45) is 1.16. The number of ether oxygens (including phenoxy) is 2. The second kappa shape index (κ2) is 12.4. The second-order valence-electron chi connectivity index (χ2n) is 12.9. The summed E-state index contributed by atoms with van der Waals surface area (Å²) in [6, 6.07) is 31.7. The molecule has 6 rings (SSSR count). The molecule has 1 N–H and O–H groups in total. The van der Waals surface area contributed by atoms with Gasteiger partial charge in [0.1, 0.15) is 0 Å². The van der Waals surface area contributed by atoms with Crippen LogP contribution in [0.2, 0.25) is 9.85 Å². The van der Waals surface area contributed by atoms with Crippen LogP contribution in [0.5, 0.6) is 0 Å². The first-order valence-electron chi connectivity index (χ1n) is 15.2. The third-order valence-electron chi connectivity index (χ3n) is 8.39. The molecule has 1 amide bonds. The van der Waals surface area contributed by atoms with Gasteiger partial charge in [0.2, 0.25) is 0 Å². The summed E-state index contributed by atoms with van der Waals surface area (Å²) in [6.45, 7) is 11.1. The van der Waals surface area contributed by atoms with E-state index in [1.165, 1.54) is 10.4 Å². The quantitative estimate of drug-likeness (QED) is 0.273. The standard InChI is InChI=1S/C35H39N3O5SeSi/c1-34(2,3)45(25-17-11-7-12-18-25,26-19-13-8-14-20-26)41-23-27-29-30(43-35(4,5)42-29)32(44-27)38-22-21-28(37-33(38)40)36-31(39)24-15-9-6-10-16-24/h6-22,27,29-30,32H,23H2,1-5H3,(H,36,37,39,40)/t27-,29?,30?,32-/m1/s1. The van der Waals surface area contributed by atoms with Crippen molar-refractivity contribution in [2.75, 3.05) is 11.9 Å². The van der Waals surface area contributed by atoms with E-state index in [2.05, 4.69) is 79.6 Å². The van der Waals surface area contributed by atoms with Crippen molar-refractivity contribution in [3.8, 4) is 0 Å². The average Bonchev–Trinajstić information content (AvgIpc) is 3.51. The Kier molecular flexibility index (Phi) is 8.73. The Morgan fingerprint density at radius 2 is 1.47 bits per heavy atom. The number of rotatable bonds is 8. The molecular weight excluding hydrogens is 649 g/mol. The monoisotopic (exact) mass is 689 g/mol. The molecule has 3 aromatic carbocycles. The van der Waals surface area contributed by atoms with E-state index in [9.17, 15) is 9.59 Å². The van der Waals surface area contributed by atoms with Crippen LogP contribution in [-0.4, -0.2) is 63.3 Å². The van der Waals surface area contributed by atoms with Crippen molar-refractivity contribution in [1.82, 2.24) is 9.55 Å². The number of nitrogens with zero attached hydrogens (tertiary/aromatic N) is 2. The first-order valence-corrected chi connectivity index (χ1v) is 19.1. The molecule has 4 aromatic rings. The van der Waals surface area contributed by atoms with Crippen LogP contribution in [0.25, 0.3) is 0 Å². The maximum atomic E-state index is 13.4. The summed E-state index contributed by atoms with van der Waals surface area (Å²) in [4.78, 5) is 30.1. The van der Waals surface area contributed by atoms with Crippen LogP contribution in [0.15, 0.2) is 108 Å². The van der Waals surface area contributed by atoms with Crippen molar-refractivity contribution in [3.63, 3.8) is 0 Å².